The van der Waals surface area contributed by atoms with Gasteiger partial charge in [-0.15, -0.1) is 0 Å². The summed E-state index contributed by atoms with van der Waals surface area (Å²) >= 11 is 0. The molecular formula is C13H10FNO3. The van der Waals surface area contributed by atoms with Crippen LogP contribution in [0.2, 0.25) is 0 Å². The lowest BCUT2D eigenvalue weighted by Crippen LogP contribution is -2.01. The second-order valence-corrected chi connectivity index (χ2v) is 3.62. The maximum atomic E-state index is 13.0. The summed E-state index contributed by atoms with van der Waals surface area (Å²) in [5.74, 6) is -1.28. The highest BCUT2D eigenvalue weighted by molar-refractivity contribution is 5.92. The molecule has 0 aliphatic carbocycles. The van der Waals surface area contributed by atoms with Crippen molar-refractivity contribution in [1.29, 1.82) is 0 Å². The number of nitrogens with two attached hydrogens (primary N) is 1. The van der Waals surface area contributed by atoms with Crippen LogP contribution >= 0.6 is 0 Å². The molecule has 5 heteroatoms. The van der Waals surface area contributed by atoms with Crippen molar-refractivity contribution >= 4 is 11.7 Å². The van der Waals surface area contributed by atoms with Gasteiger partial charge in [0.1, 0.15) is 22.9 Å². The van der Waals surface area contributed by atoms with Gasteiger partial charge in [-0.25, -0.2) is 9.18 Å². The summed E-state index contributed by atoms with van der Waals surface area (Å²) in [6.07, 6.45) is 0. The first kappa shape index (κ1) is 11.9. The van der Waals surface area contributed by atoms with Crippen molar-refractivity contribution < 1.29 is 19.0 Å². The highest BCUT2D eigenvalue weighted by Gasteiger charge is 2.12. The fourth-order valence-electron chi connectivity index (χ4n) is 1.46. The summed E-state index contributed by atoms with van der Waals surface area (Å²) in [6.45, 7) is 0. The zero-order chi connectivity index (χ0) is 13.1. The number of nitrogen functional groups attached to an aromatic ring is 1. The monoisotopic (exact) mass is 247 g/mol. The molecule has 0 aliphatic heterocycles. The van der Waals surface area contributed by atoms with Crippen molar-refractivity contribution in [1.82, 2.24) is 0 Å². The molecule has 3 N–H and O–H groups in total. The molecule has 0 heterocycles. The van der Waals surface area contributed by atoms with Crippen molar-refractivity contribution in [3.05, 3.63) is 53.8 Å². The molecule has 4 nitrogen and oxygen atoms in total. The normalized spacial score (nSPS) is 10.1. The van der Waals surface area contributed by atoms with Crippen LogP contribution in [-0.4, -0.2) is 11.1 Å². The van der Waals surface area contributed by atoms with Crippen LogP contribution in [0, 0.1) is 5.82 Å². The molecule has 0 radical (unpaired) electrons. The van der Waals surface area contributed by atoms with E-state index >= 15 is 0 Å². The number of benzene rings is 2. The van der Waals surface area contributed by atoms with E-state index in [-0.39, 0.29) is 17.1 Å². The molecule has 0 saturated carbocycles. The topological polar surface area (TPSA) is 72.5 Å². The van der Waals surface area contributed by atoms with E-state index in [1.807, 2.05) is 0 Å². The van der Waals surface area contributed by atoms with Crippen molar-refractivity contribution in [2.75, 3.05) is 5.73 Å². The lowest BCUT2D eigenvalue weighted by atomic mass is 10.2. The number of carboxylic acids is 1. The van der Waals surface area contributed by atoms with Gasteiger partial charge in [-0.2, -0.15) is 0 Å². The summed E-state index contributed by atoms with van der Waals surface area (Å²) in [6, 6.07) is 9.69. The standard InChI is InChI=1S/C13H10FNO3/c14-8-2-1-3-10(6-8)18-12-5-4-9(15)7-11(12)13(16)17/h1-7H,15H2,(H,16,17). The van der Waals surface area contributed by atoms with Gasteiger partial charge in [0.05, 0.1) is 0 Å². The van der Waals surface area contributed by atoms with Crippen LogP contribution in [0.4, 0.5) is 10.1 Å². The Kier molecular flexibility index (Phi) is 3.14. The van der Waals surface area contributed by atoms with Crippen LogP contribution in [0.15, 0.2) is 42.5 Å². The molecule has 0 fully saturated rings. The minimum absolute atomic E-state index is 0.0701. The van der Waals surface area contributed by atoms with Crippen LogP contribution in [0.25, 0.3) is 0 Å². The summed E-state index contributed by atoms with van der Waals surface area (Å²) in [5.41, 5.74) is 5.75. The third kappa shape index (κ3) is 2.57. The molecule has 0 spiro atoms. The smallest absolute Gasteiger partial charge is 0.339 e. The number of carbonyl (C=O) groups is 1. The Balaban J connectivity index is 2.37. The third-order valence-electron chi connectivity index (χ3n) is 2.26. The van der Waals surface area contributed by atoms with Crippen LogP contribution in [0.5, 0.6) is 11.5 Å². The molecule has 2 aromatic rings. The minimum Gasteiger partial charge on any atom is -0.478 e. The van der Waals surface area contributed by atoms with Gasteiger partial charge in [0, 0.05) is 11.8 Å². The highest BCUT2D eigenvalue weighted by atomic mass is 19.1. The Hall–Kier alpha value is -2.56. The first-order valence-electron chi connectivity index (χ1n) is 5.12. The molecule has 0 aromatic heterocycles. The zero-order valence-corrected chi connectivity index (χ0v) is 9.26. The summed E-state index contributed by atoms with van der Waals surface area (Å²) in [7, 11) is 0. The van der Waals surface area contributed by atoms with Crippen molar-refractivity contribution in [3.63, 3.8) is 0 Å². The molecule has 0 aliphatic rings. The number of halogens is 1. The van der Waals surface area contributed by atoms with Crippen LogP contribution < -0.4 is 10.5 Å². The van der Waals surface area contributed by atoms with Crippen molar-refractivity contribution in [2.24, 2.45) is 0 Å². The van der Waals surface area contributed by atoms with Gasteiger partial charge >= 0.3 is 5.97 Å². The van der Waals surface area contributed by atoms with Gasteiger partial charge in [0.2, 0.25) is 0 Å². The van der Waals surface area contributed by atoms with E-state index in [0.717, 1.165) is 0 Å². The summed E-state index contributed by atoms with van der Waals surface area (Å²) in [5, 5.41) is 9.01. The SMILES string of the molecule is Nc1ccc(Oc2cccc(F)c2)c(C(=O)O)c1. The number of aromatic carboxylic acids is 1. The fraction of sp³-hybridized carbons (Fsp3) is 0. The quantitative estimate of drug-likeness (QED) is 0.818. The number of carboxylic acid groups (broad SMARTS) is 1. The van der Waals surface area contributed by atoms with E-state index in [2.05, 4.69) is 0 Å². The van der Waals surface area contributed by atoms with E-state index in [4.69, 9.17) is 15.6 Å². The lowest BCUT2D eigenvalue weighted by molar-refractivity contribution is 0.0694. The average Bonchev–Trinajstić information content (AvgIpc) is 2.31. The molecule has 0 saturated heterocycles. The number of anilines is 1. The molecule has 2 aromatic carbocycles. The van der Waals surface area contributed by atoms with Gasteiger partial charge in [0.15, 0.2) is 0 Å². The summed E-state index contributed by atoms with van der Waals surface area (Å²) < 4.78 is 18.3. The molecule has 0 unspecified atom stereocenters. The van der Waals surface area contributed by atoms with E-state index in [1.54, 1.807) is 0 Å². The Morgan fingerprint density at radius 1 is 1.22 bits per heavy atom. The highest BCUT2D eigenvalue weighted by Crippen LogP contribution is 2.27. The Morgan fingerprint density at radius 2 is 2.00 bits per heavy atom. The van der Waals surface area contributed by atoms with E-state index < -0.39 is 11.8 Å². The van der Waals surface area contributed by atoms with Gasteiger partial charge < -0.3 is 15.6 Å². The van der Waals surface area contributed by atoms with Gasteiger partial charge in [-0.1, -0.05) is 6.07 Å². The number of ether oxygens (including phenoxy) is 1. The minimum atomic E-state index is -1.16. The molecule has 2 rings (SSSR count). The molecule has 0 atom stereocenters. The lowest BCUT2D eigenvalue weighted by Gasteiger charge is -2.09. The van der Waals surface area contributed by atoms with Crippen molar-refractivity contribution in [2.45, 2.75) is 0 Å². The first-order valence-corrected chi connectivity index (χ1v) is 5.12. The van der Waals surface area contributed by atoms with Crippen molar-refractivity contribution in [3.8, 4) is 11.5 Å². The Morgan fingerprint density at radius 3 is 2.67 bits per heavy atom. The van der Waals surface area contributed by atoms with Gasteiger partial charge in [-0.3, -0.25) is 0 Å². The van der Waals surface area contributed by atoms with Crippen LogP contribution in [0.1, 0.15) is 10.4 Å². The molecular weight excluding hydrogens is 237 g/mol. The zero-order valence-electron chi connectivity index (χ0n) is 9.26. The Labute approximate surface area is 102 Å². The second-order valence-electron chi connectivity index (χ2n) is 3.62. The maximum Gasteiger partial charge on any atom is 0.339 e. The molecule has 18 heavy (non-hydrogen) atoms. The largest absolute Gasteiger partial charge is 0.478 e. The van der Waals surface area contributed by atoms with E-state index in [9.17, 15) is 9.18 Å². The molecule has 92 valence electrons. The Bertz CT molecular complexity index is 599. The second kappa shape index (κ2) is 4.75. The predicted octanol–water partition coefficient (Wildman–Crippen LogP) is 2.90. The maximum absolute atomic E-state index is 13.0. The van der Waals surface area contributed by atoms with Crippen LogP contribution in [-0.2, 0) is 0 Å². The van der Waals surface area contributed by atoms with Gasteiger partial charge in [0.25, 0.3) is 0 Å². The first-order chi connectivity index (χ1) is 8.56. The summed E-state index contributed by atoms with van der Waals surface area (Å²) in [4.78, 5) is 11.0. The number of rotatable bonds is 3. The predicted molar refractivity (Wildman–Crippen MR) is 64.3 cm³/mol. The third-order valence-corrected chi connectivity index (χ3v) is 2.26. The number of hydrogen-bond donors (Lipinski definition) is 2. The molecule has 0 amide bonds. The average molecular weight is 247 g/mol. The fourth-order valence-corrected chi connectivity index (χ4v) is 1.46. The van der Waals surface area contributed by atoms with Gasteiger partial charge in [-0.05, 0) is 30.3 Å². The number of hydrogen-bond acceptors (Lipinski definition) is 3. The van der Waals surface area contributed by atoms with Crippen LogP contribution in [0.3, 0.4) is 0 Å². The van der Waals surface area contributed by atoms with E-state index in [0.29, 0.717) is 5.69 Å². The molecule has 0 bridgehead atoms. The van der Waals surface area contributed by atoms with E-state index in [1.165, 1.54) is 42.5 Å².